The number of hydrogen-bond acceptors (Lipinski definition) is 4. The van der Waals surface area contributed by atoms with Crippen LogP contribution in [0.15, 0.2) is 29.2 Å². The van der Waals surface area contributed by atoms with Crippen LogP contribution in [0.1, 0.15) is 26.2 Å². The van der Waals surface area contributed by atoms with Crippen molar-refractivity contribution < 1.29 is 17.5 Å². The van der Waals surface area contributed by atoms with Crippen molar-refractivity contribution in [1.29, 1.82) is 0 Å². The van der Waals surface area contributed by atoms with Crippen LogP contribution in [0.2, 0.25) is 0 Å². The van der Waals surface area contributed by atoms with Crippen molar-refractivity contribution in [3.63, 3.8) is 0 Å². The lowest BCUT2D eigenvalue weighted by Crippen LogP contribution is -2.57. The van der Waals surface area contributed by atoms with Gasteiger partial charge in [0.1, 0.15) is 5.82 Å². The average Bonchev–Trinajstić information content (AvgIpc) is 2.75. The summed E-state index contributed by atoms with van der Waals surface area (Å²) in [6.45, 7) is 6.13. The van der Waals surface area contributed by atoms with Crippen LogP contribution in [-0.2, 0) is 14.8 Å². The molecule has 0 unspecified atom stereocenters. The molecule has 2 fully saturated rings. The molecule has 2 aliphatic heterocycles. The van der Waals surface area contributed by atoms with Gasteiger partial charge in [0.25, 0.3) is 0 Å². The number of likely N-dealkylation sites (N-methyl/N-ethyl adjacent to an activating group) is 1. The predicted molar refractivity (Wildman–Crippen MR) is 89.8 cm³/mol. The molecule has 134 valence electrons. The number of nitrogens with zero attached hydrogens (tertiary/aromatic N) is 2. The fourth-order valence-electron chi connectivity index (χ4n) is 3.88. The summed E-state index contributed by atoms with van der Waals surface area (Å²) < 4.78 is 46.6. The van der Waals surface area contributed by atoms with Gasteiger partial charge in [0.15, 0.2) is 0 Å². The second-order valence-electron chi connectivity index (χ2n) is 6.57. The molecule has 0 bridgehead atoms. The van der Waals surface area contributed by atoms with Crippen molar-refractivity contribution in [1.82, 2.24) is 9.21 Å². The summed E-state index contributed by atoms with van der Waals surface area (Å²) in [5.74, 6) is -0.526. The van der Waals surface area contributed by atoms with E-state index in [1.54, 1.807) is 4.31 Å². The molecule has 0 amide bonds. The first-order valence-corrected chi connectivity index (χ1v) is 10.0. The molecular formula is C17H25FN2O3S. The highest BCUT2D eigenvalue weighted by Crippen LogP contribution is 2.33. The predicted octanol–water partition coefficient (Wildman–Crippen LogP) is 2.09. The summed E-state index contributed by atoms with van der Waals surface area (Å²) in [7, 11) is -3.69. The number of sulfonamides is 1. The first-order valence-electron chi connectivity index (χ1n) is 8.56. The molecule has 1 aromatic carbocycles. The topological polar surface area (TPSA) is 49.9 Å². The van der Waals surface area contributed by atoms with Gasteiger partial charge in [0.2, 0.25) is 10.0 Å². The molecule has 0 atom stereocenters. The monoisotopic (exact) mass is 356 g/mol. The SMILES string of the molecule is CCN1CCCN(S(=O)(=O)c2cccc(F)c2)CC12CCOCC2. The molecule has 5 nitrogen and oxygen atoms in total. The van der Waals surface area contributed by atoms with E-state index >= 15 is 0 Å². The Labute approximate surface area is 143 Å². The van der Waals surface area contributed by atoms with Crippen molar-refractivity contribution >= 4 is 10.0 Å². The highest BCUT2D eigenvalue weighted by atomic mass is 32.2. The van der Waals surface area contributed by atoms with Crippen molar-refractivity contribution in [2.24, 2.45) is 0 Å². The van der Waals surface area contributed by atoms with Crippen LogP contribution < -0.4 is 0 Å². The molecule has 3 rings (SSSR count). The van der Waals surface area contributed by atoms with E-state index in [0.717, 1.165) is 38.4 Å². The number of halogens is 1. The van der Waals surface area contributed by atoms with E-state index < -0.39 is 15.8 Å². The van der Waals surface area contributed by atoms with Gasteiger partial charge in [-0.25, -0.2) is 12.8 Å². The smallest absolute Gasteiger partial charge is 0.243 e. The summed E-state index contributed by atoms with van der Waals surface area (Å²) in [5, 5.41) is 0. The summed E-state index contributed by atoms with van der Waals surface area (Å²) in [6.07, 6.45) is 2.44. The Balaban J connectivity index is 1.93. The van der Waals surface area contributed by atoms with Gasteiger partial charge in [-0.05, 0) is 50.6 Å². The summed E-state index contributed by atoms with van der Waals surface area (Å²) >= 11 is 0. The van der Waals surface area contributed by atoms with E-state index in [1.807, 2.05) is 0 Å². The second kappa shape index (κ2) is 7.07. The minimum Gasteiger partial charge on any atom is -0.381 e. The molecule has 2 aliphatic rings. The number of benzene rings is 1. The molecule has 0 aliphatic carbocycles. The average molecular weight is 356 g/mol. The lowest BCUT2D eigenvalue weighted by molar-refractivity contribution is -0.0263. The first kappa shape index (κ1) is 17.8. The van der Waals surface area contributed by atoms with E-state index in [2.05, 4.69) is 11.8 Å². The summed E-state index contributed by atoms with van der Waals surface area (Å²) in [5.41, 5.74) is -0.177. The quantitative estimate of drug-likeness (QED) is 0.832. The van der Waals surface area contributed by atoms with E-state index in [-0.39, 0.29) is 10.4 Å². The molecule has 1 aromatic rings. The Bertz CT molecular complexity index is 674. The Hall–Kier alpha value is -1.02. The maximum atomic E-state index is 13.5. The lowest BCUT2D eigenvalue weighted by atomic mass is 9.88. The minimum absolute atomic E-state index is 0.0367. The Morgan fingerprint density at radius 3 is 2.67 bits per heavy atom. The van der Waals surface area contributed by atoms with E-state index in [9.17, 15) is 12.8 Å². The van der Waals surface area contributed by atoms with Crippen molar-refractivity contribution in [2.45, 2.75) is 36.6 Å². The first-order chi connectivity index (χ1) is 11.5. The van der Waals surface area contributed by atoms with Gasteiger partial charge in [-0.1, -0.05) is 13.0 Å². The van der Waals surface area contributed by atoms with Gasteiger partial charge < -0.3 is 4.74 Å². The summed E-state index contributed by atoms with van der Waals surface area (Å²) in [6, 6.07) is 5.29. The highest BCUT2D eigenvalue weighted by Gasteiger charge is 2.43. The fourth-order valence-corrected chi connectivity index (χ4v) is 5.47. The van der Waals surface area contributed by atoms with Gasteiger partial charge in [0.05, 0.1) is 4.90 Å². The Morgan fingerprint density at radius 1 is 1.25 bits per heavy atom. The third kappa shape index (κ3) is 3.35. The van der Waals surface area contributed by atoms with Gasteiger partial charge in [-0.3, -0.25) is 4.90 Å². The third-order valence-electron chi connectivity index (χ3n) is 5.22. The largest absolute Gasteiger partial charge is 0.381 e. The lowest BCUT2D eigenvalue weighted by Gasteiger charge is -2.46. The molecule has 2 heterocycles. The molecule has 1 spiro atoms. The molecule has 0 N–H and O–H groups in total. The Morgan fingerprint density at radius 2 is 2.00 bits per heavy atom. The molecule has 0 saturated carbocycles. The Kier molecular flexibility index (Phi) is 5.24. The maximum absolute atomic E-state index is 13.5. The number of hydrogen-bond donors (Lipinski definition) is 0. The molecule has 2 saturated heterocycles. The van der Waals surface area contributed by atoms with Crippen LogP contribution in [0.3, 0.4) is 0 Å². The zero-order valence-electron chi connectivity index (χ0n) is 14.1. The van der Waals surface area contributed by atoms with Crippen LogP contribution in [-0.4, -0.2) is 62.6 Å². The van der Waals surface area contributed by atoms with Crippen LogP contribution in [0.25, 0.3) is 0 Å². The molecule has 7 heteroatoms. The number of rotatable bonds is 3. The third-order valence-corrected chi connectivity index (χ3v) is 7.06. The van der Waals surface area contributed by atoms with Crippen LogP contribution in [0.4, 0.5) is 4.39 Å². The normalized spacial score (nSPS) is 23.2. The number of ether oxygens (including phenoxy) is 1. The zero-order chi connectivity index (χ0) is 17.2. The van der Waals surface area contributed by atoms with Crippen molar-refractivity contribution in [3.05, 3.63) is 30.1 Å². The fraction of sp³-hybridized carbons (Fsp3) is 0.647. The minimum atomic E-state index is -3.69. The summed E-state index contributed by atoms with van der Waals surface area (Å²) in [4.78, 5) is 2.44. The van der Waals surface area contributed by atoms with Crippen molar-refractivity contribution in [2.75, 3.05) is 39.4 Å². The van der Waals surface area contributed by atoms with Crippen LogP contribution in [0, 0.1) is 5.82 Å². The van der Waals surface area contributed by atoms with E-state index in [0.29, 0.717) is 26.3 Å². The molecular weight excluding hydrogens is 331 g/mol. The van der Waals surface area contributed by atoms with Gasteiger partial charge in [-0.2, -0.15) is 4.31 Å². The van der Waals surface area contributed by atoms with E-state index in [4.69, 9.17) is 4.74 Å². The maximum Gasteiger partial charge on any atom is 0.243 e. The van der Waals surface area contributed by atoms with Gasteiger partial charge in [0, 0.05) is 31.8 Å². The second-order valence-corrected chi connectivity index (χ2v) is 8.50. The zero-order valence-corrected chi connectivity index (χ0v) is 14.9. The molecule has 24 heavy (non-hydrogen) atoms. The molecule has 0 aromatic heterocycles. The van der Waals surface area contributed by atoms with E-state index in [1.165, 1.54) is 18.2 Å². The van der Waals surface area contributed by atoms with Gasteiger partial charge in [-0.15, -0.1) is 0 Å². The van der Waals surface area contributed by atoms with Gasteiger partial charge >= 0.3 is 0 Å². The highest BCUT2D eigenvalue weighted by molar-refractivity contribution is 7.89. The van der Waals surface area contributed by atoms with Crippen molar-refractivity contribution in [3.8, 4) is 0 Å². The van der Waals surface area contributed by atoms with Crippen LogP contribution in [0.5, 0.6) is 0 Å². The van der Waals surface area contributed by atoms with Crippen LogP contribution >= 0.6 is 0 Å². The standard InChI is InChI=1S/C17H25FN2O3S/c1-2-19-9-4-10-20(14-17(19)7-11-23-12-8-17)24(21,22)16-6-3-5-15(18)13-16/h3,5-6,13H,2,4,7-12,14H2,1H3. The molecule has 0 radical (unpaired) electrons.